The van der Waals surface area contributed by atoms with E-state index in [0.717, 1.165) is 49.5 Å². The number of morpholine rings is 1. The summed E-state index contributed by atoms with van der Waals surface area (Å²) in [4.78, 5) is 22.1. The molecule has 0 saturated carbocycles. The van der Waals surface area contributed by atoms with Gasteiger partial charge in [-0.25, -0.2) is 4.98 Å². The van der Waals surface area contributed by atoms with Crippen molar-refractivity contribution in [2.75, 3.05) is 44.3 Å². The van der Waals surface area contributed by atoms with Crippen molar-refractivity contribution in [1.29, 1.82) is 0 Å². The zero-order valence-electron chi connectivity index (χ0n) is 15.9. The van der Waals surface area contributed by atoms with Crippen molar-refractivity contribution in [3.8, 4) is 0 Å². The number of para-hydroxylation sites is 1. The first kappa shape index (κ1) is 22.0. The van der Waals surface area contributed by atoms with Crippen molar-refractivity contribution < 1.29 is 9.53 Å². The average molecular weight is 452 g/mol. The molecule has 0 spiro atoms. The maximum Gasteiger partial charge on any atom is 0.261 e. The number of ether oxygens (including phenoxy) is 1. The molecule has 0 radical (unpaired) electrons. The molecule has 0 aliphatic carbocycles. The van der Waals surface area contributed by atoms with Gasteiger partial charge in [0.15, 0.2) is 5.13 Å². The normalized spacial score (nSPS) is 14.5. The first-order valence-corrected chi connectivity index (χ1v) is 10.6. The van der Waals surface area contributed by atoms with Crippen LogP contribution >= 0.6 is 35.3 Å². The van der Waals surface area contributed by atoms with Gasteiger partial charge in [-0.1, -0.05) is 47.2 Å². The van der Waals surface area contributed by atoms with E-state index < -0.39 is 0 Å². The van der Waals surface area contributed by atoms with Crippen LogP contribution in [0.4, 0.5) is 5.13 Å². The van der Waals surface area contributed by atoms with Crippen LogP contribution in [0.3, 0.4) is 0 Å². The quantitative estimate of drug-likeness (QED) is 0.542. The summed E-state index contributed by atoms with van der Waals surface area (Å²) in [6.07, 6.45) is 0.867. The van der Waals surface area contributed by atoms with Gasteiger partial charge in [-0.2, -0.15) is 0 Å². The highest BCUT2D eigenvalue weighted by molar-refractivity contribution is 7.22. The maximum absolute atomic E-state index is 13.3. The highest BCUT2D eigenvalue weighted by Gasteiger charge is 2.23. The van der Waals surface area contributed by atoms with E-state index in [1.807, 2.05) is 36.4 Å². The van der Waals surface area contributed by atoms with Crippen molar-refractivity contribution in [2.24, 2.45) is 0 Å². The fourth-order valence-corrected chi connectivity index (χ4v) is 4.52. The summed E-state index contributed by atoms with van der Waals surface area (Å²) in [6, 6.07) is 15.1. The van der Waals surface area contributed by atoms with E-state index in [1.165, 1.54) is 11.3 Å². The van der Waals surface area contributed by atoms with Crippen LogP contribution in [0.1, 0.15) is 16.8 Å². The van der Waals surface area contributed by atoms with Gasteiger partial charge >= 0.3 is 0 Å². The SMILES string of the molecule is Cl.O=C(c1ccccc1Cl)N(CCCN1CCOCC1)c1nc2ccccc2s1. The monoisotopic (exact) mass is 451 g/mol. The van der Waals surface area contributed by atoms with E-state index in [-0.39, 0.29) is 18.3 Å². The molecule has 1 fully saturated rings. The zero-order chi connectivity index (χ0) is 19.3. The zero-order valence-corrected chi connectivity index (χ0v) is 18.3. The van der Waals surface area contributed by atoms with Gasteiger partial charge in [-0.3, -0.25) is 14.6 Å². The molecule has 0 atom stereocenters. The van der Waals surface area contributed by atoms with Crippen molar-refractivity contribution in [2.45, 2.75) is 6.42 Å². The second-order valence-electron chi connectivity index (χ2n) is 6.71. The average Bonchev–Trinajstić information content (AvgIpc) is 3.16. The predicted molar refractivity (Wildman–Crippen MR) is 122 cm³/mol. The molecule has 8 heteroatoms. The highest BCUT2D eigenvalue weighted by atomic mass is 35.5. The summed E-state index contributed by atoms with van der Waals surface area (Å²) in [5.41, 5.74) is 1.42. The van der Waals surface area contributed by atoms with Crippen LogP contribution in [0.5, 0.6) is 0 Å². The van der Waals surface area contributed by atoms with Crippen LogP contribution < -0.4 is 4.90 Å². The molecule has 29 heavy (non-hydrogen) atoms. The topological polar surface area (TPSA) is 45.7 Å². The van der Waals surface area contributed by atoms with Crippen LogP contribution in [-0.2, 0) is 4.74 Å². The Bertz CT molecular complexity index is 927. The molecule has 154 valence electrons. The number of rotatable bonds is 6. The number of thiazole rings is 1. The lowest BCUT2D eigenvalue weighted by molar-refractivity contribution is 0.0376. The standard InChI is InChI=1S/C21H22ClN3O2S.ClH/c22-17-7-2-1-6-16(17)20(26)25(11-5-10-24-12-14-27-15-13-24)21-23-18-8-3-4-9-19(18)28-21;/h1-4,6-9H,5,10-15H2;1H. The van der Waals surface area contributed by atoms with Crippen LogP contribution in [0.2, 0.25) is 5.02 Å². The Balaban J connectivity index is 0.00000240. The smallest absolute Gasteiger partial charge is 0.261 e. The molecule has 1 saturated heterocycles. The number of aromatic nitrogens is 1. The summed E-state index contributed by atoms with van der Waals surface area (Å²) in [7, 11) is 0. The lowest BCUT2D eigenvalue weighted by Crippen LogP contribution is -2.39. The van der Waals surface area contributed by atoms with Crippen LogP contribution in [0, 0.1) is 0 Å². The highest BCUT2D eigenvalue weighted by Crippen LogP contribution is 2.30. The van der Waals surface area contributed by atoms with Gasteiger partial charge in [0.05, 0.1) is 34.0 Å². The molecule has 0 bridgehead atoms. The van der Waals surface area contributed by atoms with Gasteiger partial charge in [0.1, 0.15) is 0 Å². The number of hydrogen-bond donors (Lipinski definition) is 0. The van der Waals surface area contributed by atoms with Crippen molar-refractivity contribution in [3.63, 3.8) is 0 Å². The molecular weight excluding hydrogens is 429 g/mol. The lowest BCUT2D eigenvalue weighted by atomic mass is 10.2. The molecule has 3 aromatic rings. The Morgan fingerprint density at radius 3 is 2.62 bits per heavy atom. The van der Waals surface area contributed by atoms with Crippen molar-refractivity contribution in [3.05, 3.63) is 59.1 Å². The molecule has 0 unspecified atom stereocenters. The van der Waals surface area contributed by atoms with E-state index in [4.69, 9.17) is 21.3 Å². The van der Waals surface area contributed by atoms with Gasteiger partial charge in [-0.05, 0) is 30.7 Å². The van der Waals surface area contributed by atoms with Gasteiger partial charge in [0.2, 0.25) is 0 Å². The third-order valence-corrected chi connectivity index (χ3v) is 6.21. The minimum Gasteiger partial charge on any atom is -0.379 e. The van der Waals surface area contributed by atoms with E-state index in [9.17, 15) is 4.79 Å². The van der Waals surface area contributed by atoms with Gasteiger partial charge in [0.25, 0.3) is 5.91 Å². The second-order valence-corrected chi connectivity index (χ2v) is 8.12. The van der Waals surface area contributed by atoms with Crippen LogP contribution in [0.25, 0.3) is 10.2 Å². The Hall–Kier alpha value is -1.70. The van der Waals surface area contributed by atoms with E-state index in [0.29, 0.717) is 22.3 Å². The van der Waals surface area contributed by atoms with E-state index in [1.54, 1.807) is 17.0 Å². The maximum atomic E-state index is 13.3. The Kier molecular flexibility index (Phi) is 7.86. The predicted octanol–water partition coefficient (Wildman–Crippen LogP) is 4.74. The number of nitrogens with zero attached hydrogens (tertiary/aromatic N) is 3. The number of anilines is 1. The van der Waals surface area contributed by atoms with Crippen molar-refractivity contribution >= 4 is 56.6 Å². The van der Waals surface area contributed by atoms with Crippen LogP contribution in [-0.4, -0.2) is 55.2 Å². The summed E-state index contributed by atoms with van der Waals surface area (Å²) in [6.45, 7) is 4.97. The van der Waals surface area contributed by atoms with E-state index in [2.05, 4.69) is 4.90 Å². The third-order valence-electron chi connectivity index (χ3n) is 4.82. The molecule has 2 aromatic carbocycles. The van der Waals surface area contributed by atoms with E-state index >= 15 is 0 Å². The molecular formula is C21H23Cl2N3O2S. The Morgan fingerprint density at radius 1 is 1.14 bits per heavy atom. The summed E-state index contributed by atoms with van der Waals surface area (Å²) >= 11 is 7.84. The first-order valence-electron chi connectivity index (χ1n) is 9.44. The number of halogens is 2. The Morgan fingerprint density at radius 2 is 1.86 bits per heavy atom. The fraction of sp³-hybridized carbons (Fsp3) is 0.333. The molecule has 1 aliphatic heterocycles. The number of amides is 1. The molecule has 1 amide bonds. The number of carbonyl (C=O) groups excluding carboxylic acids is 1. The van der Waals surface area contributed by atoms with Gasteiger partial charge in [-0.15, -0.1) is 12.4 Å². The minimum atomic E-state index is -0.105. The molecule has 2 heterocycles. The molecule has 0 N–H and O–H groups in total. The lowest BCUT2D eigenvalue weighted by Gasteiger charge is -2.27. The number of benzene rings is 2. The molecule has 1 aliphatic rings. The van der Waals surface area contributed by atoms with Crippen molar-refractivity contribution in [1.82, 2.24) is 9.88 Å². The number of hydrogen-bond acceptors (Lipinski definition) is 5. The van der Waals surface area contributed by atoms with Gasteiger partial charge in [0, 0.05) is 26.2 Å². The first-order chi connectivity index (χ1) is 13.7. The summed E-state index contributed by atoms with van der Waals surface area (Å²) in [5.74, 6) is -0.105. The third kappa shape index (κ3) is 5.27. The number of carbonyl (C=O) groups is 1. The molecule has 4 rings (SSSR count). The van der Waals surface area contributed by atoms with Gasteiger partial charge < -0.3 is 4.74 Å². The molecule has 5 nitrogen and oxygen atoms in total. The largest absolute Gasteiger partial charge is 0.379 e. The minimum absolute atomic E-state index is 0. The number of fused-ring (bicyclic) bond motifs is 1. The molecule has 1 aromatic heterocycles. The Labute approximate surface area is 185 Å². The second kappa shape index (κ2) is 10.4. The summed E-state index contributed by atoms with van der Waals surface area (Å²) < 4.78 is 6.48. The van der Waals surface area contributed by atoms with Crippen LogP contribution in [0.15, 0.2) is 48.5 Å². The summed E-state index contributed by atoms with van der Waals surface area (Å²) in [5, 5.41) is 1.18. The fourth-order valence-electron chi connectivity index (χ4n) is 3.32.